The molecule has 9 heteroatoms. The van der Waals surface area contributed by atoms with Gasteiger partial charge in [-0.25, -0.2) is 8.70 Å². The van der Waals surface area contributed by atoms with Crippen LogP contribution in [0, 0.1) is 5.82 Å². The highest BCUT2D eigenvalue weighted by atomic mass is 32.2. The number of halogens is 1. The quantitative estimate of drug-likeness (QED) is 0.536. The van der Waals surface area contributed by atoms with E-state index in [0.29, 0.717) is 18.2 Å². The summed E-state index contributed by atoms with van der Waals surface area (Å²) in [5.41, 5.74) is 0.984. The SMILES string of the molecule is CSNC(=O)c1cc(C2CC2)c(OC2CCCN(SN(C)O)C2)cc1F. The van der Waals surface area contributed by atoms with Crippen LogP contribution in [0.3, 0.4) is 0 Å². The molecule has 0 radical (unpaired) electrons. The Morgan fingerprint density at radius 1 is 1.42 bits per heavy atom. The summed E-state index contributed by atoms with van der Waals surface area (Å²) < 4.78 is 26.3. The van der Waals surface area contributed by atoms with Crippen molar-refractivity contribution in [2.24, 2.45) is 0 Å². The van der Waals surface area contributed by atoms with Crippen molar-refractivity contribution in [3.05, 3.63) is 29.1 Å². The molecule has 26 heavy (non-hydrogen) atoms. The summed E-state index contributed by atoms with van der Waals surface area (Å²) in [4.78, 5) is 12.1. The van der Waals surface area contributed by atoms with Gasteiger partial charge in [0, 0.05) is 44.6 Å². The summed E-state index contributed by atoms with van der Waals surface area (Å²) >= 11 is 2.39. The van der Waals surface area contributed by atoms with Crippen LogP contribution < -0.4 is 9.46 Å². The fourth-order valence-corrected chi connectivity index (χ4v) is 4.20. The van der Waals surface area contributed by atoms with Crippen LogP contribution in [0.5, 0.6) is 5.75 Å². The Kier molecular flexibility index (Phi) is 6.68. The molecule has 1 unspecified atom stereocenters. The van der Waals surface area contributed by atoms with Gasteiger partial charge >= 0.3 is 0 Å². The number of nitrogens with one attached hydrogen (secondary N) is 1. The van der Waals surface area contributed by atoms with Gasteiger partial charge in [0.2, 0.25) is 0 Å². The molecule has 1 atom stereocenters. The molecule has 0 aromatic heterocycles. The largest absolute Gasteiger partial charge is 0.489 e. The van der Waals surface area contributed by atoms with Crippen LogP contribution in [-0.4, -0.2) is 52.4 Å². The van der Waals surface area contributed by atoms with Crippen molar-refractivity contribution in [3.63, 3.8) is 0 Å². The Bertz CT molecular complexity index is 658. The minimum absolute atomic E-state index is 0.0660. The highest BCUT2D eigenvalue weighted by Crippen LogP contribution is 2.45. The van der Waals surface area contributed by atoms with Gasteiger partial charge in [-0.05, 0) is 43.2 Å². The van der Waals surface area contributed by atoms with Gasteiger partial charge in [0.1, 0.15) is 17.7 Å². The van der Waals surface area contributed by atoms with E-state index >= 15 is 0 Å². The van der Waals surface area contributed by atoms with Gasteiger partial charge in [-0.1, -0.05) is 11.9 Å². The fraction of sp³-hybridized carbons (Fsp3) is 0.588. The lowest BCUT2D eigenvalue weighted by molar-refractivity contribution is 0.0367. The first-order chi connectivity index (χ1) is 12.5. The van der Waals surface area contributed by atoms with Gasteiger partial charge in [-0.2, -0.15) is 0 Å². The summed E-state index contributed by atoms with van der Waals surface area (Å²) in [5.74, 6) is -0.105. The lowest BCUT2D eigenvalue weighted by atomic mass is 10.0. The van der Waals surface area contributed by atoms with Crippen LogP contribution in [0.2, 0.25) is 0 Å². The van der Waals surface area contributed by atoms with Crippen molar-refractivity contribution < 1.29 is 19.1 Å². The smallest absolute Gasteiger partial charge is 0.264 e. The van der Waals surface area contributed by atoms with Crippen LogP contribution >= 0.6 is 24.1 Å². The average molecular weight is 402 g/mol. The van der Waals surface area contributed by atoms with E-state index in [2.05, 4.69) is 4.72 Å². The molecule has 0 spiro atoms. The number of amides is 1. The minimum Gasteiger partial charge on any atom is -0.489 e. The van der Waals surface area contributed by atoms with E-state index < -0.39 is 11.7 Å². The molecule has 1 aliphatic carbocycles. The summed E-state index contributed by atoms with van der Waals surface area (Å²) in [6.45, 7) is 1.52. The van der Waals surface area contributed by atoms with Gasteiger partial charge in [-0.3, -0.25) is 9.52 Å². The van der Waals surface area contributed by atoms with Crippen LogP contribution in [-0.2, 0) is 0 Å². The van der Waals surface area contributed by atoms with Gasteiger partial charge < -0.3 is 9.94 Å². The molecule has 1 saturated carbocycles. The third kappa shape index (κ3) is 5.04. The maximum absolute atomic E-state index is 14.5. The second-order valence-corrected chi connectivity index (χ2v) is 8.42. The van der Waals surface area contributed by atoms with Crippen LogP contribution in [0.25, 0.3) is 0 Å². The molecule has 0 bridgehead atoms. The summed E-state index contributed by atoms with van der Waals surface area (Å²) in [7, 11) is 1.58. The average Bonchev–Trinajstić information content (AvgIpc) is 3.39. The monoisotopic (exact) mass is 401 g/mol. The predicted octanol–water partition coefficient (Wildman–Crippen LogP) is 3.44. The van der Waals surface area contributed by atoms with Crippen molar-refractivity contribution in [1.29, 1.82) is 0 Å². The molecule has 1 saturated heterocycles. The number of rotatable bonds is 7. The van der Waals surface area contributed by atoms with Crippen LogP contribution in [0.1, 0.15) is 47.5 Å². The maximum atomic E-state index is 14.5. The predicted molar refractivity (Wildman–Crippen MR) is 102 cm³/mol. The van der Waals surface area contributed by atoms with Crippen molar-refractivity contribution in [1.82, 2.24) is 13.5 Å². The van der Waals surface area contributed by atoms with E-state index in [1.807, 2.05) is 4.31 Å². The number of carbonyl (C=O) groups excluding carboxylic acids is 1. The zero-order valence-electron chi connectivity index (χ0n) is 14.9. The normalized spacial score (nSPS) is 21.0. The standard InChI is InChI=1S/C17H24FN3O3S2/c1-20(23)26-21-7-3-4-12(10-21)24-16-9-15(18)14(17(22)19-25-2)8-13(16)11-5-6-11/h8-9,11-12,23H,3-7,10H2,1-2H3,(H,19,22). The number of piperidine rings is 1. The Labute approximate surface area is 161 Å². The number of ether oxygens (including phenoxy) is 1. The number of hydroxylamine groups is 1. The summed E-state index contributed by atoms with van der Waals surface area (Å²) in [6.07, 6.45) is 5.56. The molecule has 2 aliphatic rings. The molecule has 1 heterocycles. The fourth-order valence-electron chi connectivity index (χ4n) is 3.13. The third-order valence-electron chi connectivity index (χ3n) is 4.42. The summed E-state index contributed by atoms with van der Waals surface area (Å²) in [6, 6.07) is 3.00. The van der Waals surface area contributed by atoms with E-state index in [4.69, 9.17) is 4.74 Å². The second-order valence-electron chi connectivity index (χ2n) is 6.60. The lowest BCUT2D eigenvalue weighted by Gasteiger charge is -2.33. The highest BCUT2D eigenvalue weighted by molar-refractivity contribution is 7.97. The highest BCUT2D eigenvalue weighted by Gasteiger charge is 2.31. The first-order valence-corrected chi connectivity index (χ1v) is 10.6. The first-order valence-electron chi connectivity index (χ1n) is 8.67. The molecule has 1 amide bonds. The molecule has 3 rings (SSSR count). The Morgan fingerprint density at radius 2 is 2.19 bits per heavy atom. The van der Waals surface area contributed by atoms with Crippen molar-refractivity contribution >= 4 is 30.0 Å². The molecule has 2 N–H and O–H groups in total. The van der Waals surface area contributed by atoms with E-state index in [9.17, 15) is 14.4 Å². The molecule has 2 fully saturated rings. The van der Waals surface area contributed by atoms with E-state index in [1.165, 1.54) is 18.2 Å². The number of hydrogen-bond acceptors (Lipinski definition) is 7. The Balaban J connectivity index is 1.76. The van der Waals surface area contributed by atoms with E-state index in [-0.39, 0.29) is 11.7 Å². The van der Waals surface area contributed by atoms with Gasteiger partial charge in [0.25, 0.3) is 5.91 Å². The van der Waals surface area contributed by atoms with Gasteiger partial charge in [-0.15, -0.1) is 4.47 Å². The van der Waals surface area contributed by atoms with E-state index in [0.717, 1.165) is 54.2 Å². The number of carbonyl (C=O) groups is 1. The van der Waals surface area contributed by atoms with Gasteiger partial charge in [0.15, 0.2) is 0 Å². The van der Waals surface area contributed by atoms with Crippen LogP contribution in [0.15, 0.2) is 12.1 Å². The lowest BCUT2D eigenvalue weighted by Crippen LogP contribution is -2.38. The summed E-state index contributed by atoms with van der Waals surface area (Å²) in [5, 5.41) is 9.39. The van der Waals surface area contributed by atoms with Crippen molar-refractivity contribution in [2.45, 2.75) is 37.7 Å². The molecular weight excluding hydrogens is 377 g/mol. The third-order valence-corrected chi connectivity index (χ3v) is 5.61. The molecule has 144 valence electrons. The number of benzene rings is 1. The maximum Gasteiger partial charge on any atom is 0.264 e. The second kappa shape index (κ2) is 8.79. The minimum atomic E-state index is -0.562. The van der Waals surface area contributed by atoms with Gasteiger partial charge in [0.05, 0.1) is 5.56 Å². The topological polar surface area (TPSA) is 65.0 Å². The Morgan fingerprint density at radius 3 is 2.85 bits per heavy atom. The molecule has 6 nitrogen and oxygen atoms in total. The molecule has 1 aliphatic heterocycles. The first kappa shape index (κ1) is 19.8. The van der Waals surface area contributed by atoms with Crippen molar-refractivity contribution in [2.75, 3.05) is 26.4 Å². The van der Waals surface area contributed by atoms with Crippen LogP contribution in [0.4, 0.5) is 4.39 Å². The number of nitrogens with zero attached hydrogens (tertiary/aromatic N) is 2. The zero-order chi connectivity index (χ0) is 18.7. The molecule has 1 aromatic rings. The number of hydrogen-bond donors (Lipinski definition) is 2. The molecular formula is C17H24FN3O3S2. The van der Waals surface area contributed by atoms with Crippen molar-refractivity contribution in [3.8, 4) is 5.75 Å². The zero-order valence-corrected chi connectivity index (χ0v) is 16.5. The van der Waals surface area contributed by atoms with E-state index in [1.54, 1.807) is 19.4 Å². The molecule has 1 aromatic carbocycles. The Hall–Kier alpha value is -1.00.